The maximum Gasteiger partial charge on any atom is 0.471 e. The predicted octanol–water partition coefficient (Wildman–Crippen LogP) is 14.5. The molecule has 0 aromatic carbocycles. The molecule has 4 aromatic rings. The number of methoxy groups -OCH3 is 4. The molecule has 0 atom stereocenters. The highest BCUT2D eigenvalue weighted by Gasteiger charge is 2.45. The Morgan fingerprint density at radius 1 is 0.470 bits per heavy atom. The molecule has 37 heteroatoms. The molecule has 0 spiro atoms. The van der Waals surface area contributed by atoms with Crippen molar-refractivity contribution in [3.63, 3.8) is 0 Å². The van der Waals surface area contributed by atoms with Crippen LogP contribution in [0.2, 0.25) is 5.28 Å². The summed E-state index contributed by atoms with van der Waals surface area (Å²) in [7, 11) is 6.47. The van der Waals surface area contributed by atoms with Crippen LogP contribution in [-0.4, -0.2) is 238 Å². The van der Waals surface area contributed by atoms with E-state index in [1.807, 2.05) is 74.4 Å². The molecule has 32 nitrogen and oxygen atoms in total. The number of carbonyl (C=O) groups is 6. The second kappa shape index (κ2) is 49.8. The Morgan fingerprint density at radius 2 is 0.829 bits per heavy atom. The largest absolute Gasteiger partial charge is 0.471 e. The average molecular weight is 1740 g/mol. The third-order valence-corrected chi connectivity index (χ3v) is 19.4. The van der Waals surface area contributed by atoms with Gasteiger partial charge in [0, 0.05) is 156 Å². The first-order valence-corrected chi connectivity index (χ1v) is 42.2. The molecule has 6 amide bonds. The van der Waals surface area contributed by atoms with Crippen LogP contribution in [0.5, 0.6) is 0 Å². The molecular weight excluding hydrogens is 1610 g/mol. The second-order valence-electron chi connectivity index (χ2n) is 33.9. The van der Waals surface area contributed by atoms with Crippen LogP contribution in [0.4, 0.5) is 61.6 Å². The molecule has 4 heterocycles. The number of carbonyl (C=O) groups excluding carboxylic acids is 6. The summed E-state index contributed by atoms with van der Waals surface area (Å²) in [6.07, 6.45) is 15.0. The van der Waals surface area contributed by atoms with Crippen LogP contribution in [0, 0.1) is 0 Å². The SMILES string of the molecule is CC(=O)NC1CCC(NC(=O)OC(C)(C)C)CC1.COCCBr.COCCN(C(=O)C(F)(F)F)C1CCC(NC(=O)OC(C)(C)C)CC1.COCCN(c1nccc(Nc2cc(C3CC3)[nH]n2)n1)C1CCC(NC(=O)OC(C)(C)C)CC1.COCCNC1CCC(NC(=O)OC(C)(C)C)CC1.Clc1nccc(Nc2cc(C3CC3)[nH]n2)n1. The van der Waals surface area contributed by atoms with Gasteiger partial charge in [-0.05, 0) is 235 Å². The summed E-state index contributed by atoms with van der Waals surface area (Å²) >= 11 is 8.87. The van der Waals surface area contributed by atoms with Gasteiger partial charge in [-0.25, -0.2) is 34.1 Å². The number of halogens is 5. The molecule has 10 N–H and O–H groups in total. The van der Waals surface area contributed by atoms with Crippen molar-refractivity contribution in [2.24, 2.45) is 0 Å². The molecule has 6 fully saturated rings. The van der Waals surface area contributed by atoms with E-state index in [0.717, 1.165) is 119 Å². The van der Waals surface area contributed by atoms with E-state index in [0.29, 0.717) is 74.3 Å². The van der Waals surface area contributed by atoms with Crippen molar-refractivity contribution in [2.75, 3.05) is 95.4 Å². The quantitative estimate of drug-likeness (QED) is 0.0121. The third kappa shape index (κ3) is 42.7. The molecule has 6 aliphatic carbocycles. The minimum absolute atomic E-state index is 0.0125. The molecule has 0 saturated heterocycles. The number of amides is 6. The summed E-state index contributed by atoms with van der Waals surface area (Å²) in [6, 6.07) is 8.57. The van der Waals surface area contributed by atoms with Gasteiger partial charge in [0.25, 0.3) is 0 Å². The molecule has 0 unspecified atom stereocenters. The summed E-state index contributed by atoms with van der Waals surface area (Å²) in [5, 5.41) is 40.1. The fourth-order valence-electron chi connectivity index (χ4n) is 13.2. The third-order valence-electron chi connectivity index (χ3n) is 18.9. The number of aromatic nitrogens is 8. The summed E-state index contributed by atoms with van der Waals surface area (Å²) in [5.74, 6) is 3.01. The van der Waals surface area contributed by atoms with E-state index in [-0.39, 0.29) is 78.9 Å². The molecule has 4 aromatic heterocycles. The molecule has 0 bridgehead atoms. The van der Waals surface area contributed by atoms with E-state index in [2.05, 4.69) is 110 Å². The maximum atomic E-state index is 12.8. The van der Waals surface area contributed by atoms with Gasteiger partial charge in [0.15, 0.2) is 11.6 Å². The highest BCUT2D eigenvalue weighted by Crippen LogP contribution is 2.41. The monoisotopic (exact) mass is 1740 g/mol. The van der Waals surface area contributed by atoms with Crippen molar-refractivity contribution in [3.05, 3.63) is 53.3 Å². The summed E-state index contributed by atoms with van der Waals surface area (Å²) < 4.78 is 79.2. The van der Waals surface area contributed by atoms with Crippen molar-refractivity contribution in [1.29, 1.82) is 0 Å². The fourth-order valence-corrected chi connectivity index (χ4v) is 13.7. The smallest absolute Gasteiger partial charge is 0.444 e. The van der Waals surface area contributed by atoms with Crippen LogP contribution in [0.1, 0.15) is 242 Å². The minimum Gasteiger partial charge on any atom is -0.444 e. The Labute approximate surface area is 702 Å². The lowest BCUT2D eigenvalue weighted by Crippen LogP contribution is -2.51. The van der Waals surface area contributed by atoms with Crippen LogP contribution in [0.3, 0.4) is 0 Å². The fraction of sp³-hybridized carbons (Fsp3) is 0.750. The number of H-pyrrole nitrogens is 2. The lowest BCUT2D eigenvalue weighted by atomic mass is 9.90. The Balaban J connectivity index is 0.000000264. The van der Waals surface area contributed by atoms with E-state index < -0.39 is 46.6 Å². The zero-order chi connectivity index (χ0) is 86.5. The molecule has 10 rings (SSSR count). The second-order valence-corrected chi connectivity index (χ2v) is 35.0. The van der Waals surface area contributed by atoms with Gasteiger partial charge >= 0.3 is 36.5 Å². The number of nitrogens with one attached hydrogen (secondary N) is 10. The van der Waals surface area contributed by atoms with E-state index >= 15 is 0 Å². The van der Waals surface area contributed by atoms with Crippen molar-refractivity contribution < 1.29 is 79.8 Å². The molecule has 0 radical (unpaired) electrons. The molecular formula is C80H133BrClF3N18O14. The van der Waals surface area contributed by atoms with Crippen LogP contribution in [-0.2, 0) is 47.5 Å². The number of anilines is 5. The Hall–Kier alpha value is -7.64. The molecule has 6 aliphatic rings. The number of hydrogen-bond acceptors (Lipinski definition) is 24. The Morgan fingerprint density at radius 3 is 1.18 bits per heavy atom. The number of rotatable bonds is 26. The van der Waals surface area contributed by atoms with Crippen molar-refractivity contribution in [1.82, 2.24) is 77.1 Å². The zero-order valence-electron chi connectivity index (χ0n) is 71.7. The summed E-state index contributed by atoms with van der Waals surface area (Å²) in [6.45, 7) is 27.2. The first kappa shape index (κ1) is 99.9. The van der Waals surface area contributed by atoms with Gasteiger partial charge in [0.1, 0.15) is 34.0 Å². The Kier molecular flexibility index (Phi) is 42.5. The lowest BCUT2D eigenvalue weighted by molar-refractivity contribution is -0.189. The van der Waals surface area contributed by atoms with Crippen LogP contribution in [0.15, 0.2) is 36.7 Å². The van der Waals surface area contributed by atoms with E-state index in [9.17, 15) is 41.9 Å². The predicted molar refractivity (Wildman–Crippen MR) is 447 cm³/mol. The molecule has 117 heavy (non-hydrogen) atoms. The maximum absolute atomic E-state index is 12.8. The number of alkyl carbamates (subject to hydrolysis) is 4. The van der Waals surface area contributed by atoms with Crippen molar-refractivity contribution in [3.8, 4) is 0 Å². The average Bonchev–Trinajstić information content (AvgIpc) is 1.82. The van der Waals surface area contributed by atoms with E-state index in [1.54, 1.807) is 60.6 Å². The van der Waals surface area contributed by atoms with Gasteiger partial charge in [-0.2, -0.15) is 28.4 Å². The molecule has 662 valence electrons. The summed E-state index contributed by atoms with van der Waals surface area (Å²) in [5.41, 5.74) is 0.361. The van der Waals surface area contributed by atoms with Gasteiger partial charge in [-0.3, -0.25) is 19.8 Å². The zero-order valence-corrected chi connectivity index (χ0v) is 74.1. The van der Waals surface area contributed by atoms with Gasteiger partial charge in [-0.1, -0.05) is 15.9 Å². The van der Waals surface area contributed by atoms with E-state index in [4.69, 9.17) is 49.7 Å². The van der Waals surface area contributed by atoms with Crippen molar-refractivity contribution >= 4 is 92.9 Å². The lowest BCUT2D eigenvalue weighted by Gasteiger charge is -2.37. The first-order chi connectivity index (χ1) is 55.1. The van der Waals surface area contributed by atoms with Gasteiger partial charge < -0.3 is 90.2 Å². The standard InChI is InChI=1S/C24H37N7O3.C16H27F3N2O4.C14H28N2O3.C13H24N2O3.C10H10ClN5.C3H7BrO/c1-24(2,3)34-23(32)26-17-7-9-18(10-8-17)31(13-14-33-4)22-25-12-11-20(28-22)27-21-15-19(29-30-21)16-5-6-16;1-15(2,3)25-14(23)20-11-5-7-12(8-6-11)21(9-10-24-4)13(22)16(17,18)19;1-14(2,3)19-13(17)16-12-7-5-11(6-8-12)15-9-10-18-4;1-9(16)14-10-5-7-11(8-6-10)15-12(17)18-13(2,3)4;11-10-12-4-3-8(14-10)13-9-5-7(15-16-9)6-1-2-6;1-5-3-2-4/h11-12,15-18H,5-10,13-14H2,1-4H3,(H,26,32)(H2,25,27,28,29,30);11-12H,5-10H2,1-4H3,(H,20,23);11-12,15H,5-10H2,1-4H3,(H,16,17);10-11H,5-8H2,1-4H3,(H,14,16)(H,15,17);3-6H,1-2H2,(H2,12,13,14,15,16);2-3H2,1H3. The van der Waals surface area contributed by atoms with Crippen LogP contribution < -0.4 is 47.4 Å². The van der Waals surface area contributed by atoms with E-state index in [1.165, 1.54) is 51.1 Å². The topological polar surface area (TPSA) is 388 Å². The minimum atomic E-state index is -4.90. The van der Waals surface area contributed by atoms with Gasteiger partial charge in [0.05, 0.1) is 26.4 Å². The number of aromatic amines is 2. The molecule has 0 aliphatic heterocycles. The van der Waals surface area contributed by atoms with Gasteiger partial charge in [0.2, 0.25) is 17.1 Å². The number of nitrogens with zero attached hydrogens (tertiary/aromatic N) is 8. The Bertz CT molecular complexity index is 3560. The normalized spacial score (nSPS) is 20.6. The highest BCUT2D eigenvalue weighted by molar-refractivity contribution is 9.09. The van der Waals surface area contributed by atoms with Crippen LogP contribution in [0.25, 0.3) is 0 Å². The number of ether oxygens (including phenoxy) is 8. The number of hydrogen-bond donors (Lipinski definition) is 10. The highest BCUT2D eigenvalue weighted by atomic mass is 79.9. The molecule has 6 saturated carbocycles. The first-order valence-electron chi connectivity index (χ1n) is 40.7. The van der Waals surface area contributed by atoms with Gasteiger partial charge in [-0.15, -0.1) is 0 Å². The number of alkyl halides is 4. The van der Waals surface area contributed by atoms with Crippen LogP contribution >= 0.6 is 27.5 Å². The summed E-state index contributed by atoms with van der Waals surface area (Å²) in [4.78, 5) is 89.9. The van der Waals surface area contributed by atoms with Crippen molar-refractivity contribution in [2.45, 2.75) is 307 Å².